The molecule has 0 aromatic heterocycles. The number of carbonyl (C=O) groups excluding carboxylic acids is 1. The van der Waals surface area contributed by atoms with Crippen molar-refractivity contribution in [3.63, 3.8) is 0 Å². The Balaban J connectivity index is 2.16. The van der Waals surface area contributed by atoms with E-state index in [1.807, 2.05) is 0 Å². The molecule has 1 aliphatic heterocycles. The molecule has 1 atom stereocenters. The molecule has 25 heavy (non-hydrogen) atoms. The van der Waals surface area contributed by atoms with Crippen molar-refractivity contribution in [1.82, 2.24) is 9.62 Å². The van der Waals surface area contributed by atoms with Gasteiger partial charge in [-0.3, -0.25) is 9.59 Å². The number of rotatable bonds is 6. The molecular formula is C16H18N2O6S. The summed E-state index contributed by atoms with van der Waals surface area (Å²) in [6.07, 6.45) is 4.26. The van der Waals surface area contributed by atoms with E-state index in [1.54, 1.807) is 0 Å². The molecule has 8 nitrogen and oxygen atoms in total. The van der Waals surface area contributed by atoms with Crippen molar-refractivity contribution in [2.24, 2.45) is 0 Å². The third-order valence-corrected chi connectivity index (χ3v) is 4.98. The van der Waals surface area contributed by atoms with E-state index in [9.17, 15) is 18.0 Å². The van der Waals surface area contributed by atoms with Crippen LogP contribution in [-0.2, 0) is 19.6 Å². The highest BCUT2D eigenvalue weighted by atomic mass is 32.2. The summed E-state index contributed by atoms with van der Waals surface area (Å²) in [6.45, 7) is 0.519. The second-order valence-electron chi connectivity index (χ2n) is 5.40. The summed E-state index contributed by atoms with van der Waals surface area (Å²) in [5, 5.41) is 8.83. The van der Waals surface area contributed by atoms with Gasteiger partial charge in [0, 0.05) is 18.7 Å². The number of hydrogen-bond donors (Lipinski definition) is 2. The third kappa shape index (κ3) is 5.03. The largest absolute Gasteiger partial charge is 0.481 e. The first-order valence-corrected chi connectivity index (χ1v) is 8.97. The number of morpholine rings is 1. The first-order valence-electron chi connectivity index (χ1n) is 7.49. The van der Waals surface area contributed by atoms with Crippen molar-refractivity contribution in [2.75, 3.05) is 26.2 Å². The molecule has 1 saturated heterocycles. The summed E-state index contributed by atoms with van der Waals surface area (Å²) in [4.78, 5) is 24.8. The second kappa shape index (κ2) is 8.11. The van der Waals surface area contributed by atoms with Gasteiger partial charge in [-0.05, 0) is 18.2 Å². The Hall–Kier alpha value is -2.41. The van der Waals surface area contributed by atoms with E-state index in [4.69, 9.17) is 16.3 Å². The molecule has 1 aromatic rings. The van der Waals surface area contributed by atoms with Crippen molar-refractivity contribution in [3.05, 3.63) is 29.8 Å². The normalized spacial score (nSPS) is 17.7. The van der Waals surface area contributed by atoms with Gasteiger partial charge in [0.05, 0.1) is 30.6 Å². The average molecular weight is 366 g/mol. The Kier molecular flexibility index (Phi) is 6.14. The van der Waals surface area contributed by atoms with Crippen LogP contribution in [0.2, 0.25) is 0 Å². The fourth-order valence-corrected chi connectivity index (χ4v) is 3.40. The van der Waals surface area contributed by atoms with Crippen molar-refractivity contribution < 1.29 is 27.9 Å². The van der Waals surface area contributed by atoms with Gasteiger partial charge in [-0.25, -0.2) is 8.42 Å². The average Bonchev–Trinajstić information content (AvgIpc) is 2.59. The minimum atomic E-state index is -3.80. The summed E-state index contributed by atoms with van der Waals surface area (Å²) in [5.74, 6) is 0.787. The molecule has 1 fully saturated rings. The van der Waals surface area contributed by atoms with Crippen LogP contribution in [0.15, 0.2) is 29.2 Å². The highest BCUT2D eigenvalue weighted by molar-refractivity contribution is 7.89. The number of terminal acetylenes is 1. The fourth-order valence-electron chi connectivity index (χ4n) is 2.42. The highest BCUT2D eigenvalue weighted by Crippen LogP contribution is 2.16. The van der Waals surface area contributed by atoms with Gasteiger partial charge in [0.25, 0.3) is 5.91 Å². The molecular weight excluding hydrogens is 348 g/mol. The minimum Gasteiger partial charge on any atom is -0.481 e. The number of nitrogens with zero attached hydrogens (tertiary/aromatic N) is 1. The van der Waals surface area contributed by atoms with Gasteiger partial charge in [-0.2, -0.15) is 4.72 Å². The second-order valence-corrected chi connectivity index (χ2v) is 7.17. The molecule has 9 heteroatoms. The lowest BCUT2D eigenvalue weighted by atomic mass is 10.1. The molecule has 0 radical (unpaired) electrons. The number of nitrogens with one attached hydrogen (secondary N) is 1. The number of aliphatic carboxylic acids is 1. The van der Waals surface area contributed by atoms with E-state index in [1.165, 1.54) is 29.2 Å². The van der Waals surface area contributed by atoms with E-state index in [0.717, 1.165) is 0 Å². The molecule has 1 aliphatic rings. The fraction of sp³-hybridized carbons (Fsp3) is 0.375. The van der Waals surface area contributed by atoms with Crippen LogP contribution in [0, 0.1) is 12.3 Å². The van der Waals surface area contributed by atoms with Gasteiger partial charge in [0.1, 0.15) is 0 Å². The first-order chi connectivity index (χ1) is 11.8. The lowest BCUT2D eigenvalue weighted by Gasteiger charge is -2.32. The maximum atomic E-state index is 12.6. The molecule has 1 amide bonds. The molecule has 134 valence electrons. The maximum absolute atomic E-state index is 12.6. The van der Waals surface area contributed by atoms with Crippen LogP contribution in [-0.4, -0.2) is 62.6 Å². The first kappa shape index (κ1) is 18.9. The van der Waals surface area contributed by atoms with E-state index >= 15 is 0 Å². The molecule has 2 rings (SSSR count). The third-order valence-electron chi connectivity index (χ3n) is 3.58. The number of carboxylic acids is 1. The zero-order valence-electron chi connectivity index (χ0n) is 13.3. The van der Waals surface area contributed by atoms with Gasteiger partial charge in [0.2, 0.25) is 10.0 Å². The summed E-state index contributed by atoms with van der Waals surface area (Å²) < 4.78 is 31.8. The standard InChI is InChI=1S/C16H18N2O6S/c1-2-6-17-25(22,23)14-5-3-4-12(9-14)16(21)18-7-8-24-13(11-18)10-15(19)20/h1,3-5,9,13,17H,6-8,10-11H2,(H,19,20). The Morgan fingerprint density at radius 2 is 2.20 bits per heavy atom. The van der Waals surface area contributed by atoms with Gasteiger partial charge < -0.3 is 14.7 Å². The Morgan fingerprint density at radius 3 is 2.88 bits per heavy atom. The van der Waals surface area contributed by atoms with Gasteiger partial charge >= 0.3 is 5.97 Å². The zero-order chi connectivity index (χ0) is 18.4. The van der Waals surface area contributed by atoms with E-state index in [-0.39, 0.29) is 42.5 Å². The summed E-state index contributed by atoms with van der Waals surface area (Å²) in [6, 6.07) is 5.60. The van der Waals surface area contributed by atoms with Crippen molar-refractivity contribution >= 4 is 21.9 Å². The number of ether oxygens (including phenoxy) is 1. The SMILES string of the molecule is C#CCNS(=O)(=O)c1cccc(C(=O)N2CCOC(CC(=O)O)C2)c1. The zero-order valence-corrected chi connectivity index (χ0v) is 14.2. The molecule has 1 heterocycles. The summed E-state index contributed by atoms with van der Waals surface area (Å²) >= 11 is 0. The monoisotopic (exact) mass is 366 g/mol. The predicted molar refractivity (Wildman–Crippen MR) is 88.4 cm³/mol. The van der Waals surface area contributed by atoms with Gasteiger partial charge in [0.15, 0.2) is 0 Å². The summed E-state index contributed by atoms with van der Waals surface area (Å²) in [7, 11) is -3.80. The highest BCUT2D eigenvalue weighted by Gasteiger charge is 2.27. The molecule has 0 spiro atoms. The minimum absolute atomic E-state index is 0.0658. The van der Waals surface area contributed by atoms with Crippen LogP contribution >= 0.6 is 0 Å². The van der Waals surface area contributed by atoms with Crippen LogP contribution in [0.5, 0.6) is 0 Å². The topological polar surface area (TPSA) is 113 Å². The lowest BCUT2D eigenvalue weighted by Crippen LogP contribution is -2.46. The van der Waals surface area contributed by atoms with Crippen LogP contribution in [0.1, 0.15) is 16.8 Å². The predicted octanol–water partition coefficient (Wildman–Crippen LogP) is -0.0862. The van der Waals surface area contributed by atoms with Gasteiger partial charge in [-0.1, -0.05) is 12.0 Å². The molecule has 0 aliphatic carbocycles. The lowest BCUT2D eigenvalue weighted by molar-refractivity contribution is -0.141. The quantitative estimate of drug-likeness (QED) is 0.681. The van der Waals surface area contributed by atoms with Gasteiger partial charge in [-0.15, -0.1) is 6.42 Å². The van der Waals surface area contributed by atoms with Crippen molar-refractivity contribution in [2.45, 2.75) is 17.4 Å². The van der Waals surface area contributed by atoms with Crippen molar-refractivity contribution in [3.8, 4) is 12.3 Å². The van der Waals surface area contributed by atoms with Crippen LogP contribution in [0.4, 0.5) is 0 Å². The number of amides is 1. The molecule has 2 N–H and O–H groups in total. The Labute approximate surface area is 145 Å². The molecule has 1 aromatic carbocycles. The number of benzene rings is 1. The molecule has 0 bridgehead atoms. The number of sulfonamides is 1. The number of carboxylic acid groups (broad SMARTS) is 1. The summed E-state index contributed by atoms with van der Waals surface area (Å²) in [5.41, 5.74) is 0.194. The Morgan fingerprint density at radius 1 is 1.44 bits per heavy atom. The molecule has 0 saturated carbocycles. The van der Waals surface area contributed by atoms with E-state index in [2.05, 4.69) is 10.6 Å². The Bertz CT molecular complexity index is 799. The number of hydrogen-bond acceptors (Lipinski definition) is 5. The van der Waals surface area contributed by atoms with Crippen molar-refractivity contribution in [1.29, 1.82) is 0 Å². The smallest absolute Gasteiger partial charge is 0.306 e. The van der Waals surface area contributed by atoms with Crippen LogP contribution in [0.25, 0.3) is 0 Å². The van der Waals surface area contributed by atoms with Crippen LogP contribution < -0.4 is 4.72 Å². The number of carbonyl (C=O) groups is 2. The maximum Gasteiger partial charge on any atom is 0.306 e. The van der Waals surface area contributed by atoms with E-state index < -0.39 is 22.1 Å². The van der Waals surface area contributed by atoms with E-state index in [0.29, 0.717) is 6.54 Å². The molecule has 1 unspecified atom stereocenters. The van der Waals surface area contributed by atoms with Crippen LogP contribution in [0.3, 0.4) is 0 Å².